The SMILES string of the molecule is Cc1ccc(C(C)(C)C)c(SC2=C(O)CC(CCc3ccc(O)cc3)(C3CCCC3)OC2=O)c1. The minimum absolute atomic E-state index is 0.0808. The first-order chi connectivity index (χ1) is 16.1. The highest BCUT2D eigenvalue weighted by Crippen LogP contribution is 2.48. The maximum absolute atomic E-state index is 13.4. The molecule has 1 heterocycles. The summed E-state index contributed by atoms with van der Waals surface area (Å²) in [6.07, 6.45) is 6.05. The maximum atomic E-state index is 13.4. The summed E-state index contributed by atoms with van der Waals surface area (Å²) in [5.41, 5.74) is 2.59. The third-order valence-corrected chi connectivity index (χ3v) is 8.40. The van der Waals surface area contributed by atoms with Crippen LogP contribution in [0, 0.1) is 12.8 Å². The van der Waals surface area contributed by atoms with Crippen LogP contribution in [0.1, 0.15) is 76.0 Å². The number of hydrogen-bond donors (Lipinski definition) is 2. The lowest BCUT2D eigenvalue weighted by atomic mass is 9.77. The second kappa shape index (κ2) is 9.69. The Hall–Kier alpha value is -2.40. The molecule has 1 fully saturated rings. The number of thioether (sulfide) groups is 1. The van der Waals surface area contributed by atoms with Crippen molar-refractivity contribution in [2.24, 2.45) is 5.92 Å². The number of carbonyl (C=O) groups is 1. The molecule has 34 heavy (non-hydrogen) atoms. The summed E-state index contributed by atoms with van der Waals surface area (Å²) in [6, 6.07) is 13.5. The molecule has 0 amide bonds. The molecule has 4 rings (SSSR count). The van der Waals surface area contributed by atoms with E-state index in [4.69, 9.17) is 4.74 Å². The van der Waals surface area contributed by atoms with Crippen molar-refractivity contribution in [2.45, 2.75) is 88.6 Å². The van der Waals surface area contributed by atoms with E-state index in [0.29, 0.717) is 17.7 Å². The molecule has 4 nitrogen and oxygen atoms in total. The molecule has 0 spiro atoms. The van der Waals surface area contributed by atoms with Crippen molar-refractivity contribution in [3.8, 4) is 5.75 Å². The molecule has 2 aromatic carbocycles. The standard InChI is InChI=1S/C29H36O4S/c1-19-9-14-23(28(2,3)4)25(17-19)34-26-24(31)18-29(33-27(26)32,21-7-5-6-8-21)16-15-20-10-12-22(30)13-11-20/h9-14,17,21,30-31H,5-8,15-16,18H2,1-4H3. The average Bonchev–Trinajstić information content (AvgIpc) is 3.31. The molecule has 1 atom stereocenters. The Morgan fingerprint density at radius 3 is 2.35 bits per heavy atom. The molecule has 182 valence electrons. The van der Waals surface area contributed by atoms with Gasteiger partial charge < -0.3 is 14.9 Å². The highest BCUT2D eigenvalue weighted by molar-refractivity contribution is 8.04. The molecule has 0 bridgehead atoms. The highest BCUT2D eigenvalue weighted by Gasteiger charge is 2.48. The molecule has 1 saturated carbocycles. The van der Waals surface area contributed by atoms with E-state index in [1.54, 1.807) is 12.1 Å². The Balaban J connectivity index is 1.62. The van der Waals surface area contributed by atoms with Crippen LogP contribution in [0.25, 0.3) is 0 Å². The lowest BCUT2D eigenvalue weighted by Crippen LogP contribution is -2.45. The molecule has 5 heteroatoms. The number of cyclic esters (lactones) is 1. The summed E-state index contributed by atoms with van der Waals surface area (Å²) in [7, 11) is 0. The maximum Gasteiger partial charge on any atom is 0.349 e. The molecule has 2 aliphatic rings. The van der Waals surface area contributed by atoms with Crippen LogP contribution in [0.5, 0.6) is 5.75 Å². The number of phenols is 1. The molecule has 0 aromatic heterocycles. The predicted octanol–water partition coefficient (Wildman–Crippen LogP) is 7.37. The molecule has 1 unspecified atom stereocenters. The summed E-state index contributed by atoms with van der Waals surface area (Å²) in [6.45, 7) is 8.51. The van der Waals surface area contributed by atoms with Crippen molar-refractivity contribution >= 4 is 17.7 Å². The number of ether oxygens (including phenoxy) is 1. The van der Waals surface area contributed by atoms with E-state index in [-0.39, 0.29) is 22.8 Å². The smallest absolute Gasteiger partial charge is 0.349 e. The van der Waals surface area contributed by atoms with Gasteiger partial charge in [-0.05, 0) is 78.8 Å². The number of phenolic OH excluding ortho intramolecular Hbond substituents is 1. The molecule has 0 radical (unpaired) electrons. The molecule has 0 saturated heterocycles. The molecule has 1 aliphatic carbocycles. The first-order valence-corrected chi connectivity index (χ1v) is 13.1. The summed E-state index contributed by atoms with van der Waals surface area (Å²) in [5, 5.41) is 20.8. The minimum Gasteiger partial charge on any atom is -0.511 e. The predicted molar refractivity (Wildman–Crippen MR) is 137 cm³/mol. The first kappa shape index (κ1) is 24.7. The van der Waals surface area contributed by atoms with Gasteiger partial charge in [0.05, 0.1) is 0 Å². The lowest BCUT2D eigenvalue weighted by molar-refractivity contribution is -0.166. The van der Waals surface area contributed by atoms with Gasteiger partial charge in [-0.1, -0.05) is 69.6 Å². The lowest BCUT2D eigenvalue weighted by Gasteiger charge is -2.41. The summed E-state index contributed by atoms with van der Waals surface area (Å²) in [4.78, 5) is 14.7. The van der Waals surface area contributed by atoms with Gasteiger partial charge in [-0.25, -0.2) is 4.79 Å². The third kappa shape index (κ3) is 5.30. The summed E-state index contributed by atoms with van der Waals surface area (Å²) < 4.78 is 6.29. The normalized spacial score (nSPS) is 21.7. The topological polar surface area (TPSA) is 66.8 Å². The molecule has 2 N–H and O–H groups in total. The zero-order valence-corrected chi connectivity index (χ0v) is 21.5. The van der Waals surface area contributed by atoms with Crippen molar-refractivity contribution < 1.29 is 19.7 Å². The largest absolute Gasteiger partial charge is 0.511 e. The van der Waals surface area contributed by atoms with Crippen LogP contribution in [-0.4, -0.2) is 21.8 Å². The number of aliphatic hydroxyl groups excluding tert-OH is 1. The Morgan fingerprint density at radius 2 is 1.74 bits per heavy atom. The van der Waals surface area contributed by atoms with E-state index in [9.17, 15) is 15.0 Å². The molecule has 2 aromatic rings. The number of benzene rings is 2. The van der Waals surface area contributed by atoms with Crippen molar-refractivity contribution in [3.63, 3.8) is 0 Å². The van der Waals surface area contributed by atoms with Crippen molar-refractivity contribution in [1.29, 1.82) is 0 Å². The fraction of sp³-hybridized carbons (Fsp3) is 0.483. The molecule has 1 aliphatic heterocycles. The number of rotatable bonds is 6. The van der Waals surface area contributed by atoms with Gasteiger partial charge in [0.15, 0.2) is 0 Å². The highest BCUT2D eigenvalue weighted by atomic mass is 32.2. The van der Waals surface area contributed by atoms with Crippen molar-refractivity contribution in [1.82, 2.24) is 0 Å². The van der Waals surface area contributed by atoms with Gasteiger partial charge >= 0.3 is 5.97 Å². The van der Waals surface area contributed by atoms with Gasteiger partial charge in [-0.15, -0.1) is 0 Å². The fourth-order valence-corrected chi connectivity index (χ4v) is 6.60. The van der Waals surface area contributed by atoms with E-state index in [1.165, 1.54) is 11.8 Å². The Bertz CT molecular complexity index is 1070. The van der Waals surface area contributed by atoms with E-state index < -0.39 is 11.6 Å². The number of aryl methyl sites for hydroxylation is 2. The zero-order valence-electron chi connectivity index (χ0n) is 20.7. The van der Waals surface area contributed by atoms with Crippen LogP contribution < -0.4 is 0 Å². The van der Waals surface area contributed by atoms with E-state index in [2.05, 4.69) is 39.0 Å². The first-order valence-electron chi connectivity index (χ1n) is 12.3. The zero-order chi connectivity index (χ0) is 24.5. The quantitative estimate of drug-likeness (QED) is 0.423. The molecular weight excluding hydrogens is 444 g/mol. The Labute approximate surface area is 207 Å². The number of esters is 1. The number of aliphatic hydroxyl groups is 1. The van der Waals surface area contributed by atoms with Crippen LogP contribution in [0.15, 0.2) is 58.0 Å². The van der Waals surface area contributed by atoms with Crippen molar-refractivity contribution in [2.75, 3.05) is 0 Å². The Kier molecular flexibility index (Phi) is 7.04. The van der Waals surface area contributed by atoms with Gasteiger partial charge in [0.1, 0.15) is 22.0 Å². The van der Waals surface area contributed by atoms with Gasteiger partial charge in [0.25, 0.3) is 0 Å². The number of carbonyl (C=O) groups excluding carboxylic acids is 1. The van der Waals surface area contributed by atoms with Gasteiger partial charge in [0, 0.05) is 11.3 Å². The van der Waals surface area contributed by atoms with Crippen LogP contribution in [0.4, 0.5) is 0 Å². The van der Waals surface area contributed by atoms with Crippen molar-refractivity contribution in [3.05, 3.63) is 69.8 Å². The fourth-order valence-electron chi connectivity index (χ4n) is 5.33. The minimum atomic E-state index is -0.681. The van der Waals surface area contributed by atoms with Gasteiger partial charge in [0.2, 0.25) is 0 Å². The van der Waals surface area contributed by atoms with Gasteiger partial charge in [-0.2, -0.15) is 0 Å². The number of aromatic hydroxyl groups is 1. The summed E-state index contributed by atoms with van der Waals surface area (Å²) >= 11 is 1.34. The molecular formula is C29H36O4S. The van der Waals surface area contributed by atoms with Gasteiger partial charge in [-0.3, -0.25) is 0 Å². The van der Waals surface area contributed by atoms with E-state index in [1.807, 2.05) is 19.1 Å². The summed E-state index contributed by atoms with van der Waals surface area (Å²) in [5.74, 6) is 0.241. The third-order valence-electron chi connectivity index (χ3n) is 7.24. The second-order valence-corrected chi connectivity index (χ2v) is 12.0. The number of hydrogen-bond acceptors (Lipinski definition) is 5. The van der Waals surface area contributed by atoms with Crippen LogP contribution >= 0.6 is 11.8 Å². The van der Waals surface area contributed by atoms with E-state index >= 15 is 0 Å². The van der Waals surface area contributed by atoms with E-state index in [0.717, 1.165) is 53.7 Å². The second-order valence-electron chi connectivity index (χ2n) is 10.9. The van der Waals surface area contributed by atoms with Crippen LogP contribution in [0.2, 0.25) is 0 Å². The monoisotopic (exact) mass is 480 g/mol. The Morgan fingerprint density at radius 1 is 1.06 bits per heavy atom. The van der Waals surface area contributed by atoms with Crippen LogP contribution in [-0.2, 0) is 21.4 Å². The average molecular weight is 481 g/mol. The van der Waals surface area contributed by atoms with Crippen LogP contribution in [0.3, 0.4) is 0 Å².